The van der Waals surface area contributed by atoms with Gasteiger partial charge in [0.2, 0.25) is 0 Å². The molecule has 2 heterocycles. The van der Waals surface area contributed by atoms with Crippen LogP contribution in [0.3, 0.4) is 0 Å². The fourth-order valence-corrected chi connectivity index (χ4v) is 1.57. The van der Waals surface area contributed by atoms with Crippen molar-refractivity contribution in [2.24, 2.45) is 0 Å². The van der Waals surface area contributed by atoms with Crippen molar-refractivity contribution in [3.63, 3.8) is 0 Å². The number of hydrogen-bond donors (Lipinski definition) is 1. The van der Waals surface area contributed by atoms with Crippen LogP contribution < -0.4 is 5.32 Å². The van der Waals surface area contributed by atoms with E-state index >= 15 is 0 Å². The highest BCUT2D eigenvalue weighted by Gasteiger charge is 2.18. The maximum atomic E-state index is 11.2. The van der Waals surface area contributed by atoms with Crippen molar-refractivity contribution in [1.29, 1.82) is 0 Å². The van der Waals surface area contributed by atoms with Crippen molar-refractivity contribution in [1.82, 2.24) is 10.3 Å². The Balaban J connectivity index is 2.59. The van der Waals surface area contributed by atoms with Crippen LogP contribution in [0.25, 0.3) is 0 Å². The number of carbonyl (C=O) groups excluding carboxylic acids is 1. The van der Waals surface area contributed by atoms with E-state index in [2.05, 4.69) is 10.3 Å². The molecule has 0 saturated heterocycles. The zero-order valence-electron chi connectivity index (χ0n) is 6.30. The fourth-order valence-electron chi connectivity index (χ4n) is 1.31. The lowest BCUT2D eigenvalue weighted by Crippen LogP contribution is -2.32. The molecule has 1 amide bonds. The highest BCUT2D eigenvalue weighted by molar-refractivity contribution is 6.30. The third kappa shape index (κ3) is 1.06. The van der Waals surface area contributed by atoms with Gasteiger partial charge in [-0.3, -0.25) is 4.79 Å². The fraction of sp³-hybridized carbons (Fsp3) is 0.250. The largest absolute Gasteiger partial charge is 0.352 e. The van der Waals surface area contributed by atoms with Crippen molar-refractivity contribution in [3.05, 3.63) is 28.5 Å². The van der Waals surface area contributed by atoms with E-state index < -0.39 is 0 Å². The number of carbonyl (C=O) groups is 1. The smallest absolute Gasteiger partial charge is 0.251 e. The van der Waals surface area contributed by atoms with Crippen molar-refractivity contribution in [3.8, 4) is 0 Å². The summed E-state index contributed by atoms with van der Waals surface area (Å²) in [6.45, 7) is 0.650. The van der Waals surface area contributed by atoms with E-state index in [4.69, 9.17) is 11.6 Å². The van der Waals surface area contributed by atoms with Gasteiger partial charge in [-0.25, -0.2) is 4.98 Å². The standard InChI is InChI=1S/C8H7ClN2O/c9-7-5-1-4-11-8(12)6(5)2-3-10-7/h2-3H,1,4H2,(H,11,12). The Morgan fingerprint density at radius 3 is 3.17 bits per heavy atom. The number of rotatable bonds is 0. The summed E-state index contributed by atoms with van der Waals surface area (Å²) in [5.41, 5.74) is 1.52. The van der Waals surface area contributed by atoms with Gasteiger partial charge in [0.25, 0.3) is 5.91 Å². The summed E-state index contributed by atoms with van der Waals surface area (Å²) in [6, 6.07) is 1.69. The van der Waals surface area contributed by atoms with Crippen molar-refractivity contribution >= 4 is 17.5 Å². The van der Waals surface area contributed by atoms with Gasteiger partial charge in [0.15, 0.2) is 0 Å². The first-order valence-corrected chi connectivity index (χ1v) is 4.08. The van der Waals surface area contributed by atoms with E-state index in [1.165, 1.54) is 0 Å². The van der Waals surface area contributed by atoms with E-state index in [9.17, 15) is 4.79 Å². The molecule has 0 spiro atoms. The first kappa shape index (κ1) is 7.55. The summed E-state index contributed by atoms with van der Waals surface area (Å²) in [4.78, 5) is 15.2. The van der Waals surface area contributed by atoms with Crippen molar-refractivity contribution in [2.75, 3.05) is 6.54 Å². The van der Waals surface area contributed by atoms with Crippen LogP contribution in [-0.4, -0.2) is 17.4 Å². The molecular weight excluding hydrogens is 176 g/mol. The molecule has 0 atom stereocenters. The summed E-state index contributed by atoms with van der Waals surface area (Å²) in [7, 11) is 0. The summed E-state index contributed by atoms with van der Waals surface area (Å²) in [6.07, 6.45) is 2.32. The van der Waals surface area contributed by atoms with E-state index in [1.807, 2.05) is 0 Å². The number of nitrogens with one attached hydrogen (secondary N) is 1. The van der Waals surface area contributed by atoms with Crippen LogP contribution in [0.15, 0.2) is 12.3 Å². The summed E-state index contributed by atoms with van der Waals surface area (Å²) < 4.78 is 0. The summed E-state index contributed by atoms with van der Waals surface area (Å²) in [5.74, 6) is -0.0550. The highest BCUT2D eigenvalue weighted by Crippen LogP contribution is 2.19. The zero-order valence-corrected chi connectivity index (χ0v) is 7.06. The average molecular weight is 183 g/mol. The molecule has 0 bridgehead atoms. The first-order chi connectivity index (χ1) is 5.79. The number of hydrogen-bond acceptors (Lipinski definition) is 2. The monoisotopic (exact) mass is 182 g/mol. The normalized spacial score (nSPS) is 15.2. The molecule has 1 aromatic rings. The van der Waals surface area contributed by atoms with Gasteiger partial charge in [-0.2, -0.15) is 0 Å². The predicted octanol–water partition coefficient (Wildman–Crippen LogP) is 1.02. The molecule has 62 valence electrons. The molecule has 2 rings (SSSR count). The van der Waals surface area contributed by atoms with Crippen LogP contribution in [0.5, 0.6) is 0 Å². The molecule has 0 aliphatic carbocycles. The van der Waals surface area contributed by atoms with Crippen LogP contribution in [0.4, 0.5) is 0 Å². The van der Waals surface area contributed by atoms with E-state index in [1.54, 1.807) is 12.3 Å². The molecule has 0 aromatic carbocycles. The second-order valence-corrected chi connectivity index (χ2v) is 2.99. The highest BCUT2D eigenvalue weighted by atomic mass is 35.5. The summed E-state index contributed by atoms with van der Waals surface area (Å²) >= 11 is 5.82. The first-order valence-electron chi connectivity index (χ1n) is 3.70. The topological polar surface area (TPSA) is 42.0 Å². The number of halogens is 1. The van der Waals surface area contributed by atoms with Gasteiger partial charge in [0.05, 0.1) is 0 Å². The number of aromatic nitrogens is 1. The van der Waals surface area contributed by atoms with Crippen LogP contribution in [0.2, 0.25) is 5.15 Å². The van der Waals surface area contributed by atoms with Crippen molar-refractivity contribution < 1.29 is 4.79 Å². The van der Waals surface area contributed by atoms with Crippen LogP contribution in [-0.2, 0) is 6.42 Å². The molecule has 4 heteroatoms. The number of amides is 1. The predicted molar refractivity (Wildman–Crippen MR) is 45.3 cm³/mol. The average Bonchev–Trinajstić information content (AvgIpc) is 2.07. The maximum absolute atomic E-state index is 11.2. The molecule has 1 aliphatic heterocycles. The number of nitrogens with zero attached hydrogens (tertiary/aromatic N) is 1. The molecule has 1 N–H and O–H groups in total. The van der Waals surface area contributed by atoms with Gasteiger partial charge in [-0.1, -0.05) is 11.6 Å². The van der Waals surface area contributed by atoms with Gasteiger partial charge >= 0.3 is 0 Å². The van der Waals surface area contributed by atoms with Gasteiger partial charge < -0.3 is 5.32 Å². The quantitative estimate of drug-likeness (QED) is 0.609. The lowest BCUT2D eigenvalue weighted by atomic mass is 10.0. The minimum Gasteiger partial charge on any atom is -0.352 e. The van der Waals surface area contributed by atoms with E-state index in [-0.39, 0.29) is 5.91 Å². The zero-order chi connectivity index (χ0) is 8.55. The third-order valence-corrected chi connectivity index (χ3v) is 2.23. The maximum Gasteiger partial charge on any atom is 0.251 e. The second-order valence-electron chi connectivity index (χ2n) is 2.63. The molecule has 1 aromatic heterocycles. The molecular formula is C8H7ClN2O. The lowest BCUT2D eigenvalue weighted by molar-refractivity contribution is 0.0946. The van der Waals surface area contributed by atoms with Gasteiger partial charge in [0.1, 0.15) is 5.15 Å². The SMILES string of the molecule is O=C1NCCc2c1ccnc2Cl. The van der Waals surface area contributed by atoms with Gasteiger partial charge in [-0.05, 0) is 12.5 Å². The van der Waals surface area contributed by atoms with Gasteiger partial charge in [-0.15, -0.1) is 0 Å². The van der Waals surface area contributed by atoms with E-state index in [0.717, 1.165) is 12.0 Å². The Labute approximate surface area is 74.8 Å². The number of fused-ring (bicyclic) bond motifs is 1. The van der Waals surface area contributed by atoms with Crippen molar-refractivity contribution in [2.45, 2.75) is 6.42 Å². The molecule has 0 fully saturated rings. The molecule has 0 radical (unpaired) electrons. The minimum absolute atomic E-state index is 0.0550. The van der Waals surface area contributed by atoms with E-state index in [0.29, 0.717) is 17.3 Å². The second kappa shape index (κ2) is 2.75. The molecule has 3 nitrogen and oxygen atoms in total. The lowest BCUT2D eigenvalue weighted by Gasteiger charge is -2.16. The molecule has 0 saturated carbocycles. The Morgan fingerprint density at radius 2 is 2.42 bits per heavy atom. The Morgan fingerprint density at radius 1 is 1.58 bits per heavy atom. The Bertz CT molecular complexity index is 338. The van der Waals surface area contributed by atoms with Crippen LogP contribution >= 0.6 is 11.6 Å². The molecule has 0 unspecified atom stereocenters. The Hall–Kier alpha value is -1.09. The molecule has 1 aliphatic rings. The van der Waals surface area contributed by atoms with Gasteiger partial charge in [0, 0.05) is 23.9 Å². The van der Waals surface area contributed by atoms with Crippen LogP contribution in [0, 0.1) is 0 Å². The third-order valence-electron chi connectivity index (χ3n) is 1.91. The molecule has 12 heavy (non-hydrogen) atoms. The summed E-state index contributed by atoms with van der Waals surface area (Å²) in [5, 5.41) is 3.19. The number of pyridine rings is 1. The Kier molecular flexibility index (Phi) is 1.73. The van der Waals surface area contributed by atoms with Crippen LogP contribution in [0.1, 0.15) is 15.9 Å². The minimum atomic E-state index is -0.0550.